The van der Waals surface area contributed by atoms with Gasteiger partial charge in [-0.1, -0.05) is 16.8 Å². The molecule has 2 aromatic rings. The largest absolute Gasteiger partial charge is 0.343 e. The Hall–Kier alpha value is -2.19. The van der Waals surface area contributed by atoms with Crippen LogP contribution in [0.3, 0.4) is 0 Å². The van der Waals surface area contributed by atoms with Crippen molar-refractivity contribution in [2.24, 2.45) is 5.84 Å². The number of hydrogen-bond acceptors (Lipinski definition) is 7. The van der Waals surface area contributed by atoms with Crippen molar-refractivity contribution in [2.75, 3.05) is 5.43 Å². The average Bonchev–Trinajstić information content (AvgIpc) is 2.89. The van der Waals surface area contributed by atoms with Crippen LogP contribution in [0.2, 0.25) is 5.02 Å². The maximum atomic E-state index is 11.8. The summed E-state index contributed by atoms with van der Waals surface area (Å²) in [7, 11) is 0. The van der Waals surface area contributed by atoms with Gasteiger partial charge in [-0.2, -0.15) is 4.98 Å². The van der Waals surface area contributed by atoms with Crippen molar-refractivity contribution in [3.05, 3.63) is 35.1 Å². The molecule has 0 aliphatic rings. The van der Waals surface area contributed by atoms with Crippen LogP contribution in [0.15, 0.2) is 23.0 Å². The number of carbonyl (C=O) groups is 1. The summed E-state index contributed by atoms with van der Waals surface area (Å²) in [5, 5.41) is 6.33. The number of pyridine rings is 1. The number of halogens is 1. The second kappa shape index (κ2) is 5.43. The second-order valence-corrected chi connectivity index (χ2v) is 3.61. The molecule has 2 aromatic heterocycles. The number of nitrogens with one attached hydrogen (secondary N) is 2. The van der Waals surface area contributed by atoms with E-state index in [2.05, 4.69) is 30.4 Å². The molecule has 0 spiro atoms. The van der Waals surface area contributed by atoms with E-state index in [4.69, 9.17) is 17.4 Å². The van der Waals surface area contributed by atoms with Crippen LogP contribution < -0.4 is 16.6 Å². The summed E-state index contributed by atoms with van der Waals surface area (Å²) in [6.45, 7) is 0.119. The Morgan fingerprint density at radius 1 is 1.50 bits per heavy atom. The van der Waals surface area contributed by atoms with Gasteiger partial charge < -0.3 is 15.3 Å². The Morgan fingerprint density at radius 3 is 3.00 bits per heavy atom. The van der Waals surface area contributed by atoms with E-state index < -0.39 is 5.91 Å². The first kappa shape index (κ1) is 12.3. The summed E-state index contributed by atoms with van der Waals surface area (Å²) in [5.74, 6) is 5.44. The van der Waals surface area contributed by atoms with Crippen LogP contribution in [0.5, 0.6) is 0 Å². The summed E-state index contributed by atoms with van der Waals surface area (Å²) in [4.78, 5) is 19.5. The first-order valence-corrected chi connectivity index (χ1v) is 5.25. The number of carbonyl (C=O) groups excluding carboxylic acids is 1. The van der Waals surface area contributed by atoms with Crippen LogP contribution in [0.25, 0.3) is 0 Å². The molecule has 0 aliphatic heterocycles. The lowest BCUT2D eigenvalue weighted by atomic mass is 10.3. The third-order valence-electron chi connectivity index (χ3n) is 2.02. The number of amides is 1. The molecule has 1 amide bonds. The van der Waals surface area contributed by atoms with Crippen molar-refractivity contribution in [3.8, 4) is 0 Å². The Kier molecular flexibility index (Phi) is 3.70. The molecule has 2 heterocycles. The lowest BCUT2D eigenvalue weighted by Gasteiger charge is -2.06. The highest BCUT2D eigenvalue weighted by molar-refractivity contribution is 6.33. The predicted molar refractivity (Wildman–Crippen MR) is 62.5 cm³/mol. The zero-order valence-electron chi connectivity index (χ0n) is 9.05. The first-order valence-electron chi connectivity index (χ1n) is 4.87. The fourth-order valence-electron chi connectivity index (χ4n) is 1.20. The molecule has 4 N–H and O–H groups in total. The highest BCUT2D eigenvalue weighted by atomic mass is 35.5. The number of aromatic nitrogens is 3. The van der Waals surface area contributed by atoms with Gasteiger partial charge in [0, 0.05) is 0 Å². The van der Waals surface area contributed by atoms with Crippen LogP contribution in [-0.4, -0.2) is 21.0 Å². The fraction of sp³-hybridized carbons (Fsp3) is 0.111. The zero-order chi connectivity index (χ0) is 13.0. The molecule has 2 rings (SSSR count). The van der Waals surface area contributed by atoms with Crippen molar-refractivity contribution >= 4 is 23.3 Å². The fourth-order valence-corrected chi connectivity index (χ4v) is 1.39. The molecule has 0 saturated carbocycles. The minimum atomic E-state index is -0.457. The normalized spacial score (nSPS) is 10.1. The number of hydrogen-bond donors (Lipinski definition) is 3. The molecule has 0 aliphatic carbocycles. The highest BCUT2D eigenvalue weighted by Gasteiger charge is 2.13. The molecule has 0 unspecified atom stereocenters. The maximum absolute atomic E-state index is 11.8. The molecule has 0 aromatic carbocycles. The molecule has 18 heavy (non-hydrogen) atoms. The first-order chi connectivity index (χ1) is 8.70. The Bertz CT molecular complexity index is 544. The maximum Gasteiger partial charge on any atom is 0.271 e. The van der Waals surface area contributed by atoms with E-state index in [1.54, 1.807) is 6.07 Å². The van der Waals surface area contributed by atoms with Crippen molar-refractivity contribution in [2.45, 2.75) is 6.54 Å². The molecule has 8 nitrogen and oxygen atoms in total. The number of nitrogens with zero attached hydrogens (tertiary/aromatic N) is 3. The topological polar surface area (TPSA) is 119 Å². The molecule has 0 atom stereocenters. The molecule has 0 fully saturated rings. The van der Waals surface area contributed by atoms with Gasteiger partial charge in [0.15, 0.2) is 5.82 Å². The number of anilines is 1. The minimum Gasteiger partial charge on any atom is -0.343 e. The van der Waals surface area contributed by atoms with Crippen LogP contribution in [0, 0.1) is 0 Å². The standard InChI is InChI=1S/C9H9ClN6O2/c10-5-1-2-6(15-11)14-8(5)9(17)12-3-7-13-4-18-16-7/h1-2,4H,3,11H2,(H,12,17)(H,14,15). The van der Waals surface area contributed by atoms with E-state index in [0.29, 0.717) is 11.6 Å². The average molecular weight is 269 g/mol. The van der Waals surface area contributed by atoms with Gasteiger partial charge in [0.05, 0.1) is 11.6 Å². The van der Waals surface area contributed by atoms with Gasteiger partial charge in [0.2, 0.25) is 6.39 Å². The number of nitrogen functional groups attached to an aromatic ring is 1. The lowest BCUT2D eigenvalue weighted by Crippen LogP contribution is -2.25. The van der Waals surface area contributed by atoms with Crippen molar-refractivity contribution < 1.29 is 9.32 Å². The summed E-state index contributed by atoms with van der Waals surface area (Å²) in [6.07, 6.45) is 1.17. The van der Waals surface area contributed by atoms with Crippen molar-refractivity contribution in [3.63, 3.8) is 0 Å². The SMILES string of the molecule is NNc1ccc(Cl)c(C(=O)NCc2ncon2)n1. The molecular weight excluding hydrogens is 260 g/mol. The summed E-state index contributed by atoms with van der Waals surface area (Å²) < 4.78 is 4.53. The van der Waals surface area contributed by atoms with Gasteiger partial charge in [-0.15, -0.1) is 0 Å². The van der Waals surface area contributed by atoms with Gasteiger partial charge in [0.1, 0.15) is 11.5 Å². The Labute approximate surface area is 106 Å². The van der Waals surface area contributed by atoms with Crippen molar-refractivity contribution in [1.29, 1.82) is 0 Å². The number of hydrazine groups is 1. The van der Waals surface area contributed by atoms with Crippen LogP contribution in [0.4, 0.5) is 5.82 Å². The summed E-state index contributed by atoms with van der Waals surface area (Å²) in [6, 6.07) is 3.07. The van der Waals surface area contributed by atoms with E-state index >= 15 is 0 Å². The third-order valence-corrected chi connectivity index (χ3v) is 2.33. The number of nitrogens with two attached hydrogens (primary N) is 1. The monoisotopic (exact) mass is 268 g/mol. The smallest absolute Gasteiger partial charge is 0.271 e. The molecule has 9 heteroatoms. The van der Waals surface area contributed by atoms with Gasteiger partial charge >= 0.3 is 0 Å². The second-order valence-electron chi connectivity index (χ2n) is 3.20. The predicted octanol–water partition coefficient (Wildman–Crippen LogP) is 0.334. The van der Waals surface area contributed by atoms with E-state index in [9.17, 15) is 4.79 Å². The van der Waals surface area contributed by atoms with E-state index in [1.807, 2.05) is 0 Å². The van der Waals surface area contributed by atoms with Crippen molar-refractivity contribution in [1.82, 2.24) is 20.4 Å². The lowest BCUT2D eigenvalue weighted by molar-refractivity contribution is 0.0945. The van der Waals surface area contributed by atoms with Gasteiger partial charge in [-0.25, -0.2) is 10.8 Å². The zero-order valence-corrected chi connectivity index (χ0v) is 9.81. The minimum absolute atomic E-state index is 0.0654. The van der Waals surface area contributed by atoms with E-state index in [1.165, 1.54) is 12.5 Å². The third kappa shape index (κ3) is 2.73. The quantitative estimate of drug-likeness (QED) is 0.540. The van der Waals surface area contributed by atoms with E-state index in [-0.39, 0.29) is 17.3 Å². The van der Waals surface area contributed by atoms with Gasteiger partial charge in [0.25, 0.3) is 5.91 Å². The number of rotatable bonds is 4. The van der Waals surface area contributed by atoms with Crippen LogP contribution in [0.1, 0.15) is 16.3 Å². The Balaban J connectivity index is 2.08. The molecule has 0 bridgehead atoms. The van der Waals surface area contributed by atoms with E-state index in [0.717, 1.165) is 0 Å². The van der Waals surface area contributed by atoms with Crippen LogP contribution in [-0.2, 0) is 6.54 Å². The molecular formula is C9H9ClN6O2. The van der Waals surface area contributed by atoms with Gasteiger partial charge in [-0.05, 0) is 12.1 Å². The van der Waals surface area contributed by atoms with Gasteiger partial charge in [-0.3, -0.25) is 4.79 Å². The van der Waals surface area contributed by atoms with Crippen LogP contribution >= 0.6 is 11.6 Å². The molecule has 0 saturated heterocycles. The summed E-state index contributed by atoms with van der Waals surface area (Å²) >= 11 is 5.87. The molecule has 94 valence electrons. The summed E-state index contributed by atoms with van der Waals surface area (Å²) in [5.41, 5.74) is 2.40. The highest BCUT2D eigenvalue weighted by Crippen LogP contribution is 2.16. The Morgan fingerprint density at radius 2 is 2.33 bits per heavy atom. The molecule has 0 radical (unpaired) electrons.